The summed E-state index contributed by atoms with van der Waals surface area (Å²) in [7, 11) is 0. The van der Waals surface area contributed by atoms with Crippen molar-refractivity contribution in [3.05, 3.63) is 35.9 Å². The summed E-state index contributed by atoms with van der Waals surface area (Å²) in [6.07, 6.45) is -0.526. The number of ether oxygens (including phenoxy) is 1. The van der Waals surface area contributed by atoms with Crippen LogP contribution in [0.5, 0.6) is 0 Å². The molecular weight excluding hydrogens is 358 g/mol. The summed E-state index contributed by atoms with van der Waals surface area (Å²) >= 11 is 0. The van der Waals surface area contributed by atoms with Crippen molar-refractivity contribution >= 4 is 12.0 Å². The molecule has 0 fully saturated rings. The molecule has 1 aromatic rings. The molecule has 5 N–H and O–H groups in total. The van der Waals surface area contributed by atoms with E-state index >= 15 is 0 Å². The number of hydrogen-bond acceptors (Lipinski definition) is 5. The number of amides is 2. The number of carbonyl (C=O) groups excluding carboxylic acids is 2. The van der Waals surface area contributed by atoms with E-state index in [-0.39, 0.29) is 12.5 Å². The zero-order valence-electron chi connectivity index (χ0n) is 17.6. The Bertz CT molecular complexity index is 614. The van der Waals surface area contributed by atoms with E-state index in [4.69, 9.17) is 10.5 Å². The first-order chi connectivity index (χ1) is 13.0. The molecule has 0 heterocycles. The number of carbonyl (C=O) groups is 2. The number of benzene rings is 1. The molecule has 0 aromatic heterocycles. The molecule has 0 aliphatic carbocycles. The van der Waals surface area contributed by atoms with Crippen molar-refractivity contribution in [2.75, 3.05) is 6.54 Å². The molecule has 0 saturated carbocycles. The Balaban J connectivity index is 2.81. The predicted molar refractivity (Wildman–Crippen MR) is 110 cm³/mol. The van der Waals surface area contributed by atoms with E-state index < -0.39 is 35.8 Å². The largest absolute Gasteiger partial charge is 0.444 e. The highest BCUT2D eigenvalue weighted by Gasteiger charge is 2.26. The van der Waals surface area contributed by atoms with Crippen LogP contribution in [0, 0.1) is 5.92 Å². The predicted octanol–water partition coefficient (Wildman–Crippen LogP) is 1.97. The van der Waals surface area contributed by atoms with E-state index in [0.717, 1.165) is 5.56 Å². The van der Waals surface area contributed by atoms with Crippen LogP contribution in [0.2, 0.25) is 0 Å². The van der Waals surface area contributed by atoms with Crippen molar-refractivity contribution in [3.63, 3.8) is 0 Å². The monoisotopic (exact) mass is 393 g/mol. The van der Waals surface area contributed by atoms with Gasteiger partial charge < -0.3 is 26.2 Å². The summed E-state index contributed by atoms with van der Waals surface area (Å²) < 4.78 is 5.32. The normalized spacial score (nSPS) is 15.0. The molecule has 0 aliphatic rings. The van der Waals surface area contributed by atoms with Crippen LogP contribution in [0.1, 0.15) is 46.6 Å². The van der Waals surface area contributed by atoms with Gasteiger partial charge in [-0.2, -0.15) is 0 Å². The third-order valence-corrected chi connectivity index (χ3v) is 4.09. The Morgan fingerprint density at radius 3 is 2.29 bits per heavy atom. The summed E-state index contributed by atoms with van der Waals surface area (Å²) in [5.74, 6) is -0.178. The average Bonchev–Trinajstić information content (AvgIpc) is 2.56. The molecule has 0 bridgehead atoms. The van der Waals surface area contributed by atoms with Gasteiger partial charge in [-0.15, -0.1) is 0 Å². The standard InChI is InChI=1S/C21H35N3O4/c1-14(2)11-17(19(22)26)23-13-18(25)16(12-15-9-7-6-8-10-15)24-20(27)28-21(3,4)5/h6-10,14,16-18,23,25H,11-13H2,1-5H3,(H2,22,26)(H,24,27)/t16-,17-,18-/m0/s1. The summed E-state index contributed by atoms with van der Waals surface area (Å²) in [6, 6.07) is 8.43. The third-order valence-electron chi connectivity index (χ3n) is 4.09. The van der Waals surface area contributed by atoms with Gasteiger partial charge in [0.25, 0.3) is 0 Å². The van der Waals surface area contributed by atoms with E-state index in [2.05, 4.69) is 10.6 Å². The molecule has 0 aliphatic heterocycles. The lowest BCUT2D eigenvalue weighted by Crippen LogP contribution is -2.52. The Kier molecular flexibility index (Phi) is 9.41. The minimum absolute atomic E-state index is 0.119. The summed E-state index contributed by atoms with van der Waals surface area (Å²) in [5.41, 5.74) is 5.78. The minimum Gasteiger partial charge on any atom is -0.444 e. The van der Waals surface area contributed by atoms with Crippen LogP contribution in [0.4, 0.5) is 4.79 Å². The Morgan fingerprint density at radius 1 is 1.18 bits per heavy atom. The number of nitrogens with two attached hydrogens (primary N) is 1. The highest BCUT2D eigenvalue weighted by atomic mass is 16.6. The van der Waals surface area contributed by atoms with Gasteiger partial charge >= 0.3 is 6.09 Å². The number of rotatable bonds is 10. The number of alkyl carbamates (subject to hydrolysis) is 1. The summed E-state index contributed by atoms with van der Waals surface area (Å²) in [6.45, 7) is 9.45. The van der Waals surface area contributed by atoms with E-state index in [1.165, 1.54) is 0 Å². The molecule has 7 nitrogen and oxygen atoms in total. The lowest BCUT2D eigenvalue weighted by molar-refractivity contribution is -0.120. The van der Waals surface area contributed by atoms with Crippen LogP contribution < -0.4 is 16.4 Å². The van der Waals surface area contributed by atoms with E-state index in [0.29, 0.717) is 12.8 Å². The lowest BCUT2D eigenvalue weighted by atomic mass is 9.99. The van der Waals surface area contributed by atoms with E-state index in [1.54, 1.807) is 20.8 Å². The first kappa shape index (κ1) is 23.9. The number of hydrogen-bond donors (Lipinski definition) is 4. The third kappa shape index (κ3) is 9.71. The molecule has 2 amide bonds. The van der Waals surface area contributed by atoms with Crippen LogP contribution in [-0.4, -0.2) is 47.4 Å². The van der Waals surface area contributed by atoms with Gasteiger partial charge in [0.05, 0.1) is 18.2 Å². The molecule has 1 rings (SSSR count). The van der Waals surface area contributed by atoms with E-state index in [9.17, 15) is 14.7 Å². The molecule has 0 unspecified atom stereocenters. The van der Waals surface area contributed by atoms with Crippen LogP contribution >= 0.6 is 0 Å². The van der Waals surface area contributed by atoms with Crippen molar-refractivity contribution in [3.8, 4) is 0 Å². The van der Waals surface area contributed by atoms with Gasteiger partial charge in [0.15, 0.2) is 0 Å². The van der Waals surface area contributed by atoms with Gasteiger partial charge in [0, 0.05) is 6.54 Å². The van der Waals surface area contributed by atoms with Crippen LogP contribution in [-0.2, 0) is 16.0 Å². The summed E-state index contributed by atoms with van der Waals surface area (Å²) in [5, 5.41) is 16.5. The van der Waals surface area contributed by atoms with Gasteiger partial charge in [0.1, 0.15) is 5.60 Å². The molecule has 28 heavy (non-hydrogen) atoms. The number of aliphatic hydroxyl groups is 1. The Hall–Kier alpha value is -2.12. The maximum atomic E-state index is 12.2. The van der Waals surface area contributed by atoms with Crippen LogP contribution in [0.25, 0.3) is 0 Å². The van der Waals surface area contributed by atoms with Gasteiger partial charge in [-0.25, -0.2) is 4.79 Å². The second-order valence-corrected chi connectivity index (χ2v) is 8.50. The van der Waals surface area contributed by atoms with Gasteiger partial charge in [0.2, 0.25) is 5.91 Å². The minimum atomic E-state index is -0.929. The van der Waals surface area contributed by atoms with Crippen molar-refractivity contribution in [1.29, 1.82) is 0 Å². The Labute approximate surface area is 168 Å². The highest BCUT2D eigenvalue weighted by molar-refractivity contribution is 5.79. The lowest BCUT2D eigenvalue weighted by Gasteiger charge is -2.28. The van der Waals surface area contributed by atoms with Crippen molar-refractivity contribution < 1.29 is 19.4 Å². The topological polar surface area (TPSA) is 114 Å². The quantitative estimate of drug-likeness (QED) is 0.485. The van der Waals surface area contributed by atoms with Crippen LogP contribution in [0.3, 0.4) is 0 Å². The second-order valence-electron chi connectivity index (χ2n) is 8.50. The van der Waals surface area contributed by atoms with Crippen molar-refractivity contribution in [2.45, 2.75) is 71.2 Å². The first-order valence-electron chi connectivity index (χ1n) is 9.72. The molecule has 0 radical (unpaired) electrons. The summed E-state index contributed by atoms with van der Waals surface area (Å²) in [4.78, 5) is 23.8. The molecule has 3 atom stereocenters. The second kappa shape index (κ2) is 11.0. The van der Waals surface area contributed by atoms with Crippen LogP contribution in [0.15, 0.2) is 30.3 Å². The SMILES string of the molecule is CC(C)C[C@H](NC[C@H](O)[C@H](Cc1ccccc1)NC(=O)OC(C)(C)C)C(N)=O. The molecule has 0 saturated heterocycles. The van der Waals surface area contributed by atoms with Gasteiger partial charge in [-0.05, 0) is 45.1 Å². The first-order valence-corrected chi connectivity index (χ1v) is 9.72. The maximum absolute atomic E-state index is 12.2. The zero-order valence-corrected chi connectivity index (χ0v) is 17.6. The fourth-order valence-corrected chi connectivity index (χ4v) is 2.79. The highest BCUT2D eigenvalue weighted by Crippen LogP contribution is 2.11. The molecule has 1 aromatic carbocycles. The van der Waals surface area contributed by atoms with E-state index in [1.807, 2.05) is 44.2 Å². The number of primary amides is 1. The molecule has 7 heteroatoms. The zero-order chi connectivity index (χ0) is 21.3. The van der Waals surface area contributed by atoms with Crippen molar-refractivity contribution in [2.24, 2.45) is 11.7 Å². The van der Waals surface area contributed by atoms with Gasteiger partial charge in [-0.3, -0.25) is 4.79 Å². The molecule has 0 spiro atoms. The fourth-order valence-electron chi connectivity index (χ4n) is 2.79. The smallest absolute Gasteiger partial charge is 0.407 e. The molecular formula is C21H35N3O4. The number of nitrogens with one attached hydrogen (secondary N) is 2. The van der Waals surface area contributed by atoms with Gasteiger partial charge in [-0.1, -0.05) is 44.2 Å². The number of aliphatic hydroxyl groups excluding tert-OH is 1. The molecule has 158 valence electrons. The maximum Gasteiger partial charge on any atom is 0.407 e. The average molecular weight is 394 g/mol. The Morgan fingerprint density at radius 2 is 1.79 bits per heavy atom. The fraction of sp³-hybridized carbons (Fsp3) is 0.619. The van der Waals surface area contributed by atoms with Crippen molar-refractivity contribution in [1.82, 2.24) is 10.6 Å².